The van der Waals surface area contributed by atoms with Gasteiger partial charge in [-0.15, -0.1) is 22.9 Å². The first-order chi connectivity index (χ1) is 8.35. The van der Waals surface area contributed by atoms with Crippen molar-refractivity contribution in [2.45, 2.75) is 12.5 Å². The van der Waals surface area contributed by atoms with Gasteiger partial charge >= 0.3 is 0 Å². The zero-order chi connectivity index (χ0) is 12.1. The lowest BCUT2D eigenvalue weighted by atomic mass is 10.2. The van der Waals surface area contributed by atoms with Crippen molar-refractivity contribution >= 4 is 22.9 Å². The Labute approximate surface area is 109 Å². The highest BCUT2D eigenvalue weighted by atomic mass is 35.5. The Morgan fingerprint density at radius 1 is 1.41 bits per heavy atom. The first-order valence-corrected chi connectivity index (χ1v) is 6.48. The topological polar surface area (TPSA) is 31.4 Å². The molecule has 0 saturated heterocycles. The van der Waals surface area contributed by atoms with Crippen LogP contribution >= 0.6 is 22.9 Å². The van der Waals surface area contributed by atoms with Crippen LogP contribution in [0.4, 0.5) is 0 Å². The quantitative estimate of drug-likeness (QED) is 0.779. The van der Waals surface area contributed by atoms with E-state index >= 15 is 0 Å². The molecule has 0 bridgehead atoms. The molecule has 1 heterocycles. The lowest BCUT2D eigenvalue weighted by Crippen LogP contribution is -1.99. The third kappa shape index (κ3) is 2.90. The summed E-state index contributed by atoms with van der Waals surface area (Å²) in [6.07, 6.45) is 1.79. The predicted octanol–water partition coefficient (Wildman–Crippen LogP) is 3.47. The van der Waals surface area contributed by atoms with E-state index in [1.165, 1.54) is 0 Å². The highest BCUT2D eigenvalue weighted by Gasteiger charge is 2.10. The molecule has 3 nitrogen and oxygen atoms in total. The monoisotopic (exact) mass is 269 g/mol. The van der Waals surface area contributed by atoms with Crippen LogP contribution in [0.1, 0.15) is 10.4 Å². The van der Waals surface area contributed by atoms with Gasteiger partial charge < -0.3 is 9.47 Å². The van der Waals surface area contributed by atoms with E-state index in [0.717, 1.165) is 10.4 Å². The van der Waals surface area contributed by atoms with E-state index in [2.05, 4.69) is 4.98 Å². The summed E-state index contributed by atoms with van der Waals surface area (Å²) in [4.78, 5) is 5.07. The smallest absolute Gasteiger partial charge is 0.166 e. The standard InChI is InChI=1S/C12H12ClNO2S/c1-15-11-4-2-3-9(5-13)12(11)16-7-10-6-14-8-17-10/h2-4,6,8H,5,7H2,1H3. The molecule has 0 spiro atoms. The largest absolute Gasteiger partial charge is 0.493 e. The molecule has 0 saturated carbocycles. The lowest BCUT2D eigenvalue weighted by Gasteiger charge is -2.12. The number of nitrogens with zero attached hydrogens (tertiary/aromatic N) is 1. The second-order valence-corrected chi connectivity index (χ2v) is 4.58. The first-order valence-electron chi connectivity index (χ1n) is 5.07. The molecule has 0 aliphatic rings. The van der Waals surface area contributed by atoms with Gasteiger partial charge in [0.2, 0.25) is 0 Å². The van der Waals surface area contributed by atoms with Crippen LogP contribution in [0, 0.1) is 0 Å². The number of para-hydroxylation sites is 1. The number of benzene rings is 1. The van der Waals surface area contributed by atoms with Crippen LogP contribution in [0.2, 0.25) is 0 Å². The van der Waals surface area contributed by atoms with E-state index in [4.69, 9.17) is 21.1 Å². The fourth-order valence-corrected chi connectivity index (χ4v) is 2.16. The summed E-state index contributed by atoms with van der Waals surface area (Å²) in [5, 5.41) is 0. The number of halogens is 1. The van der Waals surface area contributed by atoms with Crippen molar-refractivity contribution in [2.75, 3.05) is 7.11 Å². The Morgan fingerprint density at radius 2 is 2.29 bits per heavy atom. The van der Waals surface area contributed by atoms with Gasteiger partial charge in [0.25, 0.3) is 0 Å². The number of hydrogen-bond donors (Lipinski definition) is 0. The normalized spacial score (nSPS) is 10.2. The molecule has 17 heavy (non-hydrogen) atoms. The Kier molecular flexibility index (Phi) is 4.23. The number of aromatic nitrogens is 1. The average Bonchev–Trinajstić information content (AvgIpc) is 2.88. The van der Waals surface area contributed by atoms with Gasteiger partial charge in [-0.1, -0.05) is 12.1 Å². The third-order valence-corrected chi connectivity index (χ3v) is 3.31. The fourth-order valence-electron chi connectivity index (χ4n) is 1.45. The van der Waals surface area contributed by atoms with Crippen molar-refractivity contribution in [3.8, 4) is 11.5 Å². The Morgan fingerprint density at radius 3 is 2.94 bits per heavy atom. The maximum absolute atomic E-state index is 5.88. The summed E-state index contributed by atoms with van der Waals surface area (Å²) < 4.78 is 11.0. The van der Waals surface area contributed by atoms with E-state index in [-0.39, 0.29) is 0 Å². The minimum Gasteiger partial charge on any atom is -0.493 e. The third-order valence-electron chi connectivity index (χ3n) is 2.27. The zero-order valence-corrected chi connectivity index (χ0v) is 10.9. The minimum absolute atomic E-state index is 0.398. The summed E-state index contributed by atoms with van der Waals surface area (Å²) in [5.74, 6) is 1.81. The van der Waals surface area contributed by atoms with Gasteiger partial charge in [-0.25, -0.2) is 0 Å². The molecule has 2 rings (SSSR count). The molecule has 0 fully saturated rings. The van der Waals surface area contributed by atoms with Crippen LogP contribution < -0.4 is 9.47 Å². The molecule has 1 aromatic heterocycles. The van der Waals surface area contributed by atoms with Gasteiger partial charge in [0, 0.05) is 11.8 Å². The molecule has 0 aliphatic heterocycles. The number of rotatable bonds is 5. The number of methoxy groups -OCH3 is 1. The van der Waals surface area contributed by atoms with E-state index in [1.807, 2.05) is 18.2 Å². The average molecular weight is 270 g/mol. The molecule has 0 N–H and O–H groups in total. The van der Waals surface area contributed by atoms with Crippen LogP contribution in [0.5, 0.6) is 11.5 Å². The summed E-state index contributed by atoms with van der Waals surface area (Å²) >= 11 is 7.44. The van der Waals surface area contributed by atoms with Crippen molar-refractivity contribution in [1.29, 1.82) is 0 Å². The van der Waals surface area contributed by atoms with Crippen molar-refractivity contribution < 1.29 is 9.47 Å². The molecule has 1 aromatic carbocycles. The van der Waals surface area contributed by atoms with Gasteiger partial charge in [0.15, 0.2) is 11.5 Å². The van der Waals surface area contributed by atoms with Gasteiger partial charge in [-0.2, -0.15) is 0 Å². The zero-order valence-electron chi connectivity index (χ0n) is 9.35. The number of thiazole rings is 1. The van der Waals surface area contributed by atoms with Gasteiger partial charge in [-0.3, -0.25) is 4.98 Å². The molecular formula is C12H12ClNO2S. The Balaban J connectivity index is 2.18. The molecule has 0 unspecified atom stereocenters. The van der Waals surface area contributed by atoms with E-state index in [9.17, 15) is 0 Å². The molecule has 5 heteroatoms. The minimum atomic E-state index is 0.398. The number of ether oxygens (including phenoxy) is 2. The van der Waals surface area contributed by atoms with E-state index < -0.39 is 0 Å². The highest BCUT2D eigenvalue weighted by molar-refractivity contribution is 7.09. The van der Waals surface area contributed by atoms with Gasteiger partial charge in [0.05, 0.1) is 23.4 Å². The predicted molar refractivity (Wildman–Crippen MR) is 69.0 cm³/mol. The molecule has 0 radical (unpaired) electrons. The molecule has 2 aromatic rings. The summed E-state index contributed by atoms with van der Waals surface area (Å²) in [6, 6.07) is 5.69. The SMILES string of the molecule is COc1cccc(CCl)c1OCc1cncs1. The van der Waals surface area contributed by atoms with Crippen molar-refractivity contribution in [3.05, 3.63) is 40.3 Å². The summed E-state index contributed by atoms with van der Waals surface area (Å²) in [5.41, 5.74) is 2.71. The van der Waals surface area contributed by atoms with Gasteiger partial charge in [0.1, 0.15) is 6.61 Å². The van der Waals surface area contributed by atoms with E-state index in [0.29, 0.717) is 24.0 Å². The maximum Gasteiger partial charge on any atom is 0.166 e. The second kappa shape index (κ2) is 5.89. The Bertz CT molecular complexity index is 451. The fraction of sp³-hybridized carbons (Fsp3) is 0.250. The summed E-state index contributed by atoms with van der Waals surface area (Å²) in [7, 11) is 1.62. The summed E-state index contributed by atoms with van der Waals surface area (Å²) in [6.45, 7) is 0.481. The molecule has 0 amide bonds. The highest BCUT2D eigenvalue weighted by Crippen LogP contribution is 2.32. The lowest BCUT2D eigenvalue weighted by molar-refractivity contribution is 0.285. The molecule has 0 atom stereocenters. The van der Waals surface area contributed by atoms with Crippen LogP contribution in [0.15, 0.2) is 29.9 Å². The number of alkyl halides is 1. The Hall–Kier alpha value is -1.26. The second-order valence-electron chi connectivity index (χ2n) is 3.34. The maximum atomic E-state index is 5.88. The van der Waals surface area contributed by atoms with Crippen LogP contribution in [-0.4, -0.2) is 12.1 Å². The van der Waals surface area contributed by atoms with Crippen LogP contribution in [0.25, 0.3) is 0 Å². The number of hydrogen-bond acceptors (Lipinski definition) is 4. The van der Waals surface area contributed by atoms with Crippen molar-refractivity contribution in [1.82, 2.24) is 4.98 Å². The molecule has 0 aliphatic carbocycles. The molecule has 90 valence electrons. The van der Waals surface area contributed by atoms with Crippen LogP contribution in [-0.2, 0) is 12.5 Å². The van der Waals surface area contributed by atoms with Gasteiger partial charge in [-0.05, 0) is 6.07 Å². The van der Waals surface area contributed by atoms with Crippen molar-refractivity contribution in [2.24, 2.45) is 0 Å². The molecular weight excluding hydrogens is 258 g/mol. The van der Waals surface area contributed by atoms with Crippen molar-refractivity contribution in [3.63, 3.8) is 0 Å². The van der Waals surface area contributed by atoms with Crippen LogP contribution in [0.3, 0.4) is 0 Å². The first kappa shape index (κ1) is 12.2. The van der Waals surface area contributed by atoms with E-state index in [1.54, 1.807) is 30.2 Å².